The lowest BCUT2D eigenvalue weighted by Gasteiger charge is -2.11. The Labute approximate surface area is 170 Å². The average molecular weight is 395 g/mol. The van der Waals surface area contributed by atoms with Crippen molar-refractivity contribution in [3.63, 3.8) is 0 Å². The highest BCUT2D eigenvalue weighted by Crippen LogP contribution is 2.21. The van der Waals surface area contributed by atoms with E-state index in [2.05, 4.69) is 15.0 Å². The van der Waals surface area contributed by atoms with Crippen molar-refractivity contribution < 1.29 is 0 Å². The van der Waals surface area contributed by atoms with Gasteiger partial charge in [-0.3, -0.25) is 23.7 Å². The summed E-state index contributed by atoms with van der Waals surface area (Å²) in [5.74, 6) is 1.00. The molecule has 5 rings (SSSR count). The van der Waals surface area contributed by atoms with E-state index in [1.807, 2.05) is 42.5 Å². The van der Waals surface area contributed by atoms with Gasteiger partial charge in [-0.2, -0.15) is 0 Å². The Morgan fingerprint density at radius 3 is 1.77 bits per heavy atom. The topological polar surface area (TPSA) is 82.7 Å². The molecule has 0 aliphatic carbocycles. The van der Waals surface area contributed by atoms with Crippen molar-refractivity contribution in [2.24, 2.45) is 14.1 Å². The Bertz CT molecular complexity index is 1430. The number of rotatable bonds is 2. The molecule has 3 aromatic heterocycles. The highest BCUT2D eigenvalue weighted by atomic mass is 16.1. The molecule has 7 nitrogen and oxygen atoms in total. The summed E-state index contributed by atoms with van der Waals surface area (Å²) >= 11 is 0. The standard InChI is InChI=1S/C23H17N5O2/c1-27-20(25-17-9-5-3-7-15(17)22(27)29)14-11-12-19(24-13-14)21-26-18-10-6-4-8-16(18)23(30)28(21)2/h3-13H,1-2H3. The second-order valence-electron chi connectivity index (χ2n) is 7.07. The van der Waals surface area contributed by atoms with Crippen LogP contribution in [-0.2, 0) is 14.1 Å². The van der Waals surface area contributed by atoms with Crippen molar-refractivity contribution in [2.75, 3.05) is 0 Å². The van der Waals surface area contributed by atoms with Gasteiger partial charge in [-0.05, 0) is 36.4 Å². The lowest BCUT2D eigenvalue weighted by atomic mass is 10.2. The van der Waals surface area contributed by atoms with Crippen molar-refractivity contribution in [3.05, 3.63) is 87.6 Å². The van der Waals surface area contributed by atoms with Gasteiger partial charge in [0.15, 0.2) is 5.82 Å². The highest BCUT2D eigenvalue weighted by Gasteiger charge is 2.13. The molecular weight excluding hydrogens is 378 g/mol. The number of hydrogen-bond donors (Lipinski definition) is 0. The molecule has 0 saturated heterocycles. The summed E-state index contributed by atoms with van der Waals surface area (Å²) < 4.78 is 3.01. The lowest BCUT2D eigenvalue weighted by molar-refractivity contribution is 0.847. The zero-order chi connectivity index (χ0) is 20.8. The molecule has 0 radical (unpaired) electrons. The second kappa shape index (κ2) is 6.73. The molecule has 146 valence electrons. The SMILES string of the molecule is Cn1c(-c2ccc(-c3nc4ccccc4c(=O)n3C)nc2)nc2ccccc2c1=O. The van der Waals surface area contributed by atoms with Gasteiger partial charge < -0.3 is 0 Å². The number of pyridine rings is 1. The van der Waals surface area contributed by atoms with Gasteiger partial charge >= 0.3 is 0 Å². The minimum Gasteiger partial charge on any atom is -0.295 e. The van der Waals surface area contributed by atoms with Crippen LogP contribution in [0.2, 0.25) is 0 Å². The molecule has 7 heteroatoms. The fraction of sp³-hybridized carbons (Fsp3) is 0.0870. The maximum atomic E-state index is 12.7. The fourth-order valence-electron chi connectivity index (χ4n) is 3.58. The first-order chi connectivity index (χ1) is 14.5. The van der Waals surface area contributed by atoms with E-state index < -0.39 is 0 Å². The zero-order valence-electron chi connectivity index (χ0n) is 16.4. The fourth-order valence-corrected chi connectivity index (χ4v) is 3.58. The van der Waals surface area contributed by atoms with Crippen molar-refractivity contribution >= 4 is 21.8 Å². The molecule has 0 atom stereocenters. The van der Waals surface area contributed by atoms with Gasteiger partial charge in [0.25, 0.3) is 11.1 Å². The molecule has 5 aromatic rings. The van der Waals surface area contributed by atoms with Gasteiger partial charge in [-0.1, -0.05) is 24.3 Å². The summed E-state index contributed by atoms with van der Waals surface area (Å²) in [5, 5.41) is 1.14. The van der Waals surface area contributed by atoms with Crippen LogP contribution in [0.15, 0.2) is 76.4 Å². The molecule has 0 bridgehead atoms. The minimum atomic E-state index is -0.125. The molecule has 0 aliphatic rings. The van der Waals surface area contributed by atoms with Gasteiger partial charge in [-0.25, -0.2) is 9.97 Å². The van der Waals surface area contributed by atoms with Crippen LogP contribution < -0.4 is 11.1 Å². The van der Waals surface area contributed by atoms with Crippen LogP contribution >= 0.6 is 0 Å². The van der Waals surface area contributed by atoms with E-state index in [9.17, 15) is 9.59 Å². The van der Waals surface area contributed by atoms with Gasteiger partial charge in [0.05, 0.1) is 21.8 Å². The number of fused-ring (bicyclic) bond motifs is 2. The van der Waals surface area contributed by atoms with Crippen LogP contribution in [0.3, 0.4) is 0 Å². The van der Waals surface area contributed by atoms with E-state index in [1.54, 1.807) is 38.5 Å². The van der Waals surface area contributed by atoms with Crippen LogP contribution in [0.25, 0.3) is 44.7 Å². The largest absolute Gasteiger partial charge is 0.295 e. The predicted octanol–water partition coefficient (Wildman–Crippen LogP) is 2.91. The Kier molecular flexibility index (Phi) is 4.03. The van der Waals surface area contributed by atoms with E-state index >= 15 is 0 Å². The van der Waals surface area contributed by atoms with Crippen LogP contribution in [-0.4, -0.2) is 24.1 Å². The highest BCUT2D eigenvalue weighted by molar-refractivity contribution is 5.80. The summed E-state index contributed by atoms with van der Waals surface area (Å²) in [6.07, 6.45) is 1.65. The third-order valence-corrected chi connectivity index (χ3v) is 5.22. The van der Waals surface area contributed by atoms with Crippen LogP contribution in [0, 0.1) is 0 Å². The summed E-state index contributed by atoms with van der Waals surface area (Å²) in [5.41, 5.74) is 2.29. The molecule has 0 saturated carbocycles. The Morgan fingerprint density at radius 2 is 1.20 bits per heavy atom. The number of aromatic nitrogens is 5. The minimum absolute atomic E-state index is 0.113. The maximum absolute atomic E-state index is 12.7. The number of nitrogens with zero attached hydrogens (tertiary/aromatic N) is 5. The third kappa shape index (κ3) is 2.71. The molecule has 0 fully saturated rings. The first-order valence-electron chi connectivity index (χ1n) is 9.43. The smallest absolute Gasteiger partial charge is 0.261 e. The lowest BCUT2D eigenvalue weighted by Crippen LogP contribution is -2.21. The van der Waals surface area contributed by atoms with E-state index in [-0.39, 0.29) is 11.1 Å². The summed E-state index contributed by atoms with van der Waals surface area (Å²) in [4.78, 5) is 39.1. The van der Waals surface area contributed by atoms with E-state index in [0.29, 0.717) is 44.7 Å². The predicted molar refractivity (Wildman–Crippen MR) is 116 cm³/mol. The molecular formula is C23H17N5O2. The Morgan fingerprint density at radius 1 is 0.667 bits per heavy atom. The van der Waals surface area contributed by atoms with Crippen LogP contribution in [0.4, 0.5) is 0 Å². The molecule has 0 N–H and O–H groups in total. The van der Waals surface area contributed by atoms with E-state index in [1.165, 1.54) is 9.13 Å². The van der Waals surface area contributed by atoms with Crippen molar-refractivity contribution in [2.45, 2.75) is 0 Å². The molecule has 3 heterocycles. The maximum Gasteiger partial charge on any atom is 0.261 e. The average Bonchev–Trinajstić information content (AvgIpc) is 2.79. The molecule has 0 unspecified atom stereocenters. The Hall–Kier alpha value is -4.13. The van der Waals surface area contributed by atoms with Crippen molar-refractivity contribution in [1.82, 2.24) is 24.1 Å². The van der Waals surface area contributed by atoms with Gasteiger partial charge in [0.2, 0.25) is 0 Å². The van der Waals surface area contributed by atoms with Crippen molar-refractivity contribution in [3.8, 4) is 22.9 Å². The summed E-state index contributed by atoms with van der Waals surface area (Å²) in [6.45, 7) is 0. The monoisotopic (exact) mass is 395 g/mol. The Balaban J connectivity index is 1.64. The molecule has 30 heavy (non-hydrogen) atoms. The summed E-state index contributed by atoms with van der Waals surface area (Å²) in [6, 6.07) is 18.1. The van der Waals surface area contributed by atoms with E-state index in [0.717, 1.165) is 0 Å². The number of benzene rings is 2. The zero-order valence-corrected chi connectivity index (χ0v) is 16.4. The number of hydrogen-bond acceptors (Lipinski definition) is 5. The molecule has 0 amide bonds. The van der Waals surface area contributed by atoms with Gasteiger partial charge in [0, 0.05) is 25.9 Å². The quantitative estimate of drug-likeness (QED) is 0.459. The van der Waals surface area contributed by atoms with Gasteiger partial charge in [0.1, 0.15) is 11.5 Å². The molecule has 2 aromatic carbocycles. The first kappa shape index (κ1) is 17.9. The first-order valence-corrected chi connectivity index (χ1v) is 9.43. The van der Waals surface area contributed by atoms with Crippen LogP contribution in [0.1, 0.15) is 0 Å². The third-order valence-electron chi connectivity index (χ3n) is 5.22. The van der Waals surface area contributed by atoms with Crippen molar-refractivity contribution in [1.29, 1.82) is 0 Å². The number of para-hydroxylation sites is 2. The second-order valence-corrected chi connectivity index (χ2v) is 7.07. The summed E-state index contributed by atoms with van der Waals surface area (Å²) in [7, 11) is 3.38. The van der Waals surface area contributed by atoms with E-state index in [4.69, 9.17) is 0 Å². The van der Waals surface area contributed by atoms with Gasteiger partial charge in [-0.15, -0.1) is 0 Å². The van der Waals surface area contributed by atoms with Crippen LogP contribution in [0.5, 0.6) is 0 Å². The molecule has 0 spiro atoms. The normalized spacial score (nSPS) is 11.3. The molecule has 0 aliphatic heterocycles.